The third kappa shape index (κ3) is 5.26. The van der Waals surface area contributed by atoms with E-state index in [1.807, 2.05) is 85.5 Å². The molecule has 30 heavy (non-hydrogen) atoms. The molecule has 8 nitrogen and oxygen atoms in total. The number of rotatable bonds is 4. The van der Waals surface area contributed by atoms with Gasteiger partial charge < -0.3 is 25.3 Å². The number of nitrogens with one attached hydrogen (secondary N) is 3. The van der Waals surface area contributed by atoms with E-state index in [1.165, 1.54) is 6.33 Å². The second-order valence-corrected chi connectivity index (χ2v) is 6.32. The fourth-order valence-corrected chi connectivity index (χ4v) is 2.80. The Morgan fingerprint density at radius 1 is 0.933 bits per heavy atom. The molecule has 4 aromatic rings. The second-order valence-electron chi connectivity index (χ2n) is 6.32. The van der Waals surface area contributed by atoms with Crippen LogP contribution in [-0.2, 0) is 7.05 Å². The largest absolute Gasteiger partial charge is 0.479 e. The van der Waals surface area contributed by atoms with Crippen molar-refractivity contribution in [2.45, 2.75) is 0 Å². The summed E-state index contributed by atoms with van der Waals surface area (Å²) < 4.78 is 7.03. The van der Waals surface area contributed by atoms with Gasteiger partial charge in [-0.25, -0.2) is 9.78 Å². The average Bonchev–Trinajstić information content (AvgIpc) is 3.16. The molecule has 2 amide bonds. The van der Waals surface area contributed by atoms with Crippen LogP contribution < -0.4 is 20.7 Å². The molecule has 4 rings (SSSR count). The van der Waals surface area contributed by atoms with Gasteiger partial charge in [0, 0.05) is 37.4 Å². The predicted octanol–water partition coefficient (Wildman–Crippen LogP) is 4.35. The number of methoxy groups -OCH3 is 1. The lowest BCUT2D eigenvalue weighted by atomic mass is 10.3. The summed E-state index contributed by atoms with van der Waals surface area (Å²) in [7, 11) is 5.38. The minimum absolute atomic E-state index is 0.255. The SMILES string of the molecule is CNc1cccc(NC(=O)Nc2ccccc2)c1.COc1ncnc2ccn(C)c12. The third-order valence-electron chi connectivity index (χ3n) is 4.26. The van der Waals surface area contributed by atoms with E-state index in [0.717, 1.165) is 28.1 Å². The molecule has 2 heterocycles. The normalized spacial score (nSPS) is 9.97. The van der Waals surface area contributed by atoms with Crippen molar-refractivity contribution in [1.29, 1.82) is 0 Å². The predicted molar refractivity (Wildman–Crippen MR) is 120 cm³/mol. The summed E-state index contributed by atoms with van der Waals surface area (Å²) in [6.45, 7) is 0. The monoisotopic (exact) mass is 404 g/mol. The Balaban J connectivity index is 0.000000184. The Morgan fingerprint density at radius 3 is 2.37 bits per heavy atom. The maximum absolute atomic E-state index is 11.7. The maximum atomic E-state index is 11.7. The first-order valence-corrected chi connectivity index (χ1v) is 9.31. The number of benzene rings is 2. The molecule has 8 heteroatoms. The molecule has 0 aliphatic heterocycles. The van der Waals surface area contributed by atoms with E-state index in [0.29, 0.717) is 5.88 Å². The van der Waals surface area contributed by atoms with Crippen molar-refractivity contribution < 1.29 is 9.53 Å². The molecular weight excluding hydrogens is 380 g/mol. The highest BCUT2D eigenvalue weighted by atomic mass is 16.5. The van der Waals surface area contributed by atoms with Gasteiger partial charge in [0.2, 0.25) is 5.88 Å². The molecule has 2 aromatic carbocycles. The van der Waals surface area contributed by atoms with E-state index in [2.05, 4.69) is 25.9 Å². The molecule has 0 saturated heterocycles. The number of hydrogen-bond donors (Lipinski definition) is 3. The molecule has 2 aromatic heterocycles. The third-order valence-corrected chi connectivity index (χ3v) is 4.26. The summed E-state index contributed by atoms with van der Waals surface area (Å²) in [5.41, 5.74) is 4.30. The van der Waals surface area contributed by atoms with E-state index in [9.17, 15) is 4.79 Å². The van der Waals surface area contributed by atoms with Gasteiger partial charge in [-0.05, 0) is 36.4 Å². The topological polar surface area (TPSA) is 93.1 Å². The van der Waals surface area contributed by atoms with Gasteiger partial charge in [-0.15, -0.1) is 0 Å². The lowest BCUT2D eigenvalue weighted by molar-refractivity contribution is 0.262. The molecular formula is C22H24N6O2. The van der Waals surface area contributed by atoms with E-state index >= 15 is 0 Å². The van der Waals surface area contributed by atoms with E-state index in [4.69, 9.17) is 4.74 Å². The van der Waals surface area contributed by atoms with Crippen molar-refractivity contribution in [3.05, 3.63) is 73.2 Å². The van der Waals surface area contributed by atoms with E-state index in [-0.39, 0.29) is 6.03 Å². The van der Waals surface area contributed by atoms with Gasteiger partial charge >= 0.3 is 6.03 Å². The molecule has 0 aliphatic carbocycles. The molecule has 0 atom stereocenters. The van der Waals surface area contributed by atoms with Crippen molar-refractivity contribution >= 4 is 34.1 Å². The van der Waals surface area contributed by atoms with Gasteiger partial charge in [0.15, 0.2) is 0 Å². The quantitative estimate of drug-likeness (QED) is 0.470. The fraction of sp³-hybridized carbons (Fsp3) is 0.136. The van der Waals surface area contributed by atoms with Crippen molar-refractivity contribution in [2.24, 2.45) is 7.05 Å². The summed E-state index contributed by atoms with van der Waals surface area (Å²) in [4.78, 5) is 19.8. The van der Waals surface area contributed by atoms with Crippen LogP contribution >= 0.6 is 0 Å². The average molecular weight is 404 g/mol. The number of aromatic nitrogens is 3. The number of carbonyl (C=O) groups excluding carboxylic acids is 1. The Bertz CT molecular complexity index is 1110. The first-order chi connectivity index (χ1) is 14.6. The van der Waals surface area contributed by atoms with Crippen LogP contribution in [0.15, 0.2) is 73.2 Å². The molecule has 0 saturated carbocycles. The molecule has 0 fully saturated rings. The number of anilines is 3. The van der Waals surface area contributed by atoms with Crippen LogP contribution in [0.25, 0.3) is 11.0 Å². The van der Waals surface area contributed by atoms with Crippen LogP contribution in [0.3, 0.4) is 0 Å². The van der Waals surface area contributed by atoms with Gasteiger partial charge in [-0.3, -0.25) is 0 Å². The number of para-hydroxylation sites is 1. The van der Waals surface area contributed by atoms with Crippen LogP contribution in [0.5, 0.6) is 5.88 Å². The summed E-state index contributed by atoms with van der Waals surface area (Å²) in [5.74, 6) is 0.618. The molecule has 0 spiro atoms. The number of hydrogen-bond acceptors (Lipinski definition) is 5. The summed E-state index contributed by atoms with van der Waals surface area (Å²) in [6, 6.07) is 18.5. The number of amides is 2. The Morgan fingerprint density at radius 2 is 1.63 bits per heavy atom. The number of fused-ring (bicyclic) bond motifs is 1. The lowest BCUT2D eigenvalue weighted by Crippen LogP contribution is -2.19. The zero-order valence-corrected chi connectivity index (χ0v) is 17.1. The van der Waals surface area contributed by atoms with Gasteiger partial charge in [-0.1, -0.05) is 24.3 Å². The van der Waals surface area contributed by atoms with Gasteiger partial charge in [0.1, 0.15) is 11.8 Å². The Hall–Kier alpha value is -4.07. The van der Waals surface area contributed by atoms with E-state index < -0.39 is 0 Å². The molecule has 0 radical (unpaired) electrons. The van der Waals surface area contributed by atoms with Crippen molar-refractivity contribution in [3.63, 3.8) is 0 Å². The van der Waals surface area contributed by atoms with E-state index in [1.54, 1.807) is 7.11 Å². The fourth-order valence-electron chi connectivity index (χ4n) is 2.80. The molecule has 3 N–H and O–H groups in total. The number of nitrogens with zero attached hydrogens (tertiary/aromatic N) is 3. The van der Waals surface area contributed by atoms with Crippen LogP contribution in [0.4, 0.5) is 21.9 Å². The molecule has 0 aliphatic rings. The number of urea groups is 1. The minimum Gasteiger partial charge on any atom is -0.479 e. The van der Waals surface area contributed by atoms with Gasteiger partial charge in [0.25, 0.3) is 0 Å². The maximum Gasteiger partial charge on any atom is 0.323 e. The molecule has 154 valence electrons. The first-order valence-electron chi connectivity index (χ1n) is 9.31. The van der Waals surface area contributed by atoms with Crippen molar-refractivity contribution in [3.8, 4) is 5.88 Å². The van der Waals surface area contributed by atoms with Crippen molar-refractivity contribution in [2.75, 3.05) is 30.1 Å². The van der Waals surface area contributed by atoms with Gasteiger partial charge in [-0.2, -0.15) is 4.98 Å². The molecule has 0 bridgehead atoms. The highest BCUT2D eigenvalue weighted by Gasteiger charge is 2.06. The summed E-state index contributed by atoms with van der Waals surface area (Å²) in [5, 5.41) is 8.55. The van der Waals surface area contributed by atoms with Crippen LogP contribution in [-0.4, -0.2) is 34.7 Å². The van der Waals surface area contributed by atoms with Crippen LogP contribution in [0.1, 0.15) is 0 Å². The standard InChI is InChI=1S/C14H15N3O.C8H9N3O/c1-15-12-8-5-9-13(10-12)17-14(18)16-11-6-3-2-4-7-11;1-11-4-3-6-7(11)8(12-2)10-5-9-6/h2-10,15H,1H3,(H2,16,17,18);3-5H,1-2H3. The lowest BCUT2D eigenvalue weighted by Gasteiger charge is -2.08. The second kappa shape index (κ2) is 9.92. The van der Waals surface area contributed by atoms with Crippen LogP contribution in [0.2, 0.25) is 0 Å². The zero-order valence-electron chi connectivity index (χ0n) is 17.1. The number of carbonyl (C=O) groups is 1. The first kappa shape index (κ1) is 20.7. The number of ether oxygens (including phenoxy) is 1. The smallest absolute Gasteiger partial charge is 0.323 e. The Kier molecular flexibility index (Phi) is 6.83. The highest BCUT2D eigenvalue weighted by Crippen LogP contribution is 2.20. The summed E-state index contributed by atoms with van der Waals surface area (Å²) in [6.07, 6.45) is 3.43. The minimum atomic E-state index is -0.255. The van der Waals surface area contributed by atoms with Gasteiger partial charge in [0.05, 0.1) is 12.6 Å². The zero-order chi connectivity index (χ0) is 21.3. The Labute approximate surface area is 174 Å². The highest BCUT2D eigenvalue weighted by molar-refractivity contribution is 5.99. The van der Waals surface area contributed by atoms with Crippen molar-refractivity contribution in [1.82, 2.24) is 14.5 Å². The summed E-state index contributed by atoms with van der Waals surface area (Å²) >= 11 is 0. The van der Waals surface area contributed by atoms with Crippen LogP contribution in [0, 0.1) is 0 Å². The number of aryl methyl sites for hydroxylation is 1. The molecule has 0 unspecified atom stereocenters.